The maximum atomic E-state index is 7.00. The van der Waals surface area contributed by atoms with Crippen LogP contribution in [0.1, 0.15) is 61.1 Å². The molecule has 5 unspecified atom stereocenters. The Hall–Kier alpha value is -4.42. The highest BCUT2D eigenvalue weighted by molar-refractivity contribution is 8.00. The molecule has 0 radical (unpaired) electrons. The third-order valence-corrected chi connectivity index (χ3v) is 11.7. The van der Waals surface area contributed by atoms with E-state index in [0.717, 1.165) is 55.6 Å². The van der Waals surface area contributed by atoms with E-state index in [0.29, 0.717) is 0 Å². The molecule has 246 valence electrons. The van der Waals surface area contributed by atoms with Crippen LogP contribution < -0.4 is 16.8 Å². The summed E-state index contributed by atoms with van der Waals surface area (Å²) < 4.78 is 0. The predicted octanol–water partition coefficient (Wildman–Crippen LogP) is 9.81. The Bertz CT molecular complexity index is 2020. The molecule has 3 aromatic rings. The van der Waals surface area contributed by atoms with Crippen LogP contribution in [0.2, 0.25) is 0 Å². The summed E-state index contributed by atoms with van der Waals surface area (Å²) in [6, 6.07) is 25.7. The van der Waals surface area contributed by atoms with Crippen molar-refractivity contribution in [3.63, 3.8) is 0 Å². The summed E-state index contributed by atoms with van der Waals surface area (Å²) in [5.41, 5.74) is 24.1. The molecule has 0 fully saturated rings. The number of hydrogen-bond donors (Lipinski definition) is 3. The molecule has 1 heterocycles. The lowest BCUT2D eigenvalue weighted by molar-refractivity contribution is 0.535. The summed E-state index contributed by atoms with van der Waals surface area (Å²) in [6.45, 7) is 0. The topological polar surface area (TPSA) is 76.4 Å². The zero-order chi connectivity index (χ0) is 33.2. The SMILES string of the molecule is NC(SC(N)c1ccc2ccccc2c1)C1=CCC(C2=CC(c3ccccc3)NC(C3=CC=C(C4=CCCC=C4)CC3)=N2)C2=CC=CCC12. The number of nitrogens with two attached hydrogens (primary N) is 2. The van der Waals surface area contributed by atoms with E-state index in [1.807, 2.05) is 0 Å². The fourth-order valence-corrected chi connectivity index (χ4v) is 8.89. The van der Waals surface area contributed by atoms with Gasteiger partial charge in [0.25, 0.3) is 0 Å². The van der Waals surface area contributed by atoms with Gasteiger partial charge in [0.15, 0.2) is 0 Å². The van der Waals surface area contributed by atoms with Crippen LogP contribution in [0.25, 0.3) is 10.8 Å². The summed E-state index contributed by atoms with van der Waals surface area (Å²) in [6.07, 6.45) is 29.2. The molecule has 0 aromatic heterocycles. The molecule has 0 bridgehead atoms. The number of benzene rings is 3. The summed E-state index contributed by atoms with van der Waals surface area (Å²) in [4.78, 5) is 5.41. The van der Waals surface area contributed by atoms with Crippen LogP contribution in [-0.4, -0.2) is 11.2 Å². The van der Waals surface area contributed by atoms with Crippen molar-refractivity contribution >= 4 is 28.4 Å². The normalized spacial score (nSPS) is 24.6. The molecular formula is C44H44N4S. The maximum Gasteiger partial charge on any atom is 0.130 e. The van der Waals surface area contributed by atoms with Gasteiger partial charge in [0.05, 0.1) is 16.8 Å². The fourth-order valence-electron chi connectivity index (χ4n) is 7.86. The van der Waals surface area contributed by atoms with Gasteiger partial charge in [-0.1, -0.05) is 127 Å². The average Bonchev–Trinajstić information content (AvgIpc) is 3.17. The summed E-state index contributed by atoms with van der Waals surface area (Å²) in [7, 11) is 0. The average molecular weight is 661 g/mol. The van der Waals surface area contributed by atoms with Crippen LogP contribution >= 0.6 is 11.8 Å². The number of fused-ring (bicyclic) bond motifs is 2. The van der Waals surface area contributed by atoms with E-state index in [2.05, 4.69) is 139 Å². The van der Waals surface area contributed by atoms with E-state index in [-0.39, 0.29) is 28.6 Å². The highest BCUT2D eigenvalue weighted by Gasteiger charge is 2.36. The molecule has 5 N–H and O–H groups in total. The number of nitrogens with zero attached hydrogens (tertiary/aromatic N) is 1. The first kappa shape index (κ1) is 31.8. The first-order chi connectivity index (χ1) is 24.1. The Labute approximate surface area is 294 Å². The van der Waals surface area contributed by atoms with Gasteiger partial charge in [-0.3, -0.25) is 0 Å². The van der Waals surface area contributed by atoms with Crippen LogP contribution in [0, 0.1) is 11.8 Å². The van der Waals surface area contributed by atoms with Crippen molar-refractivity contribution in [2.75, 3.05) is 0 Å². The molecule has 5 aliphatic rings. The van der Waals surface area contributed by atoms with Crippen molar-refractivity contribution in [3.05, 3.63) is 178 Å². The minimum absolute atomic E-state index is 0.0558. The molecule has 0 spiro atoms. The van der Waals surface area contributed by atoms with Gasteiger partial charge in [-0.25, -0.2) is 4.99 Å². The molecule has 5 atom stereocenters. The Balaban J connectivity index is 1.07. The molecule has 49 heavy (non-hydrogen) atoms. The monoisotopic (exact) mass is 660 g/mol. The lowest BCUT2D eigenvalue weighted by Crippen LogP contribution is -2.35. The second-order valence-corrected chi connectivity index (χ2v) is 14.9. The molecule has 0 amide bonds. The summed E-state index contributed by atoms with van der Waals surface area (Å²) >= 11 is 1.65. The van der Waals surface area contributed by atoms with E-state index >= 15 is 0 Å². The second kappa shape index (κ2) is 14.2. The summed E-state index contributed by atoms with van der Waals surface area (Å²) in [5, 5.41) is 5.84. The highest BCUT2D eigenvalue weighted by atomic mass is 32.2. The second-order valence-electron chi connectivity index (χ2n) is 13.6. The Morgan fingerprint density at radius 1 is 0.755 bits per heavy atom. The zero-order valence-electron chi connectivity index (χ0n) is 27.8. The van der Waals surface area contributed by atoms with Gasteiger partial charge in [0.2, 0.25) is 0 Å². The Morgan fingerprint density at radius 2 is 1.57 bits per heavy atom. The largest absolute Gasteiger partial charge is 0.359 e. The fraction of sp³-hybridized carbons (Fsp3) is 0.250. The molecule has 8 rings (SSSR count). The third-order valence-electron chi connectivity index (χ3n) is 10.5. The van der Waals surface area contributed by atoms with Crippen molar-refractivity contribution < 1.29 is 0 Å². The van der Waals surface area contributed by atoms with Crippen LogP contribution in [0.3, 0.4) is 0 Å². The van der Waals surface area contributed by atoms with Crippen LogP contribution in [0.4, 0.5) is 0 Å². The molecule has 5 heteroatoms. The van der Waals surface area contributed by atoms with Crippen LogP contribution in [0.5, 0.6) is 0 Å². The van der Waals surface area contributed by atoms with Gasteiger partial charge in [0.1, 0.15) is 5.84 Å². The molecule has 4 aliphatic carbocycles. The molecule has 0 saturated heterocycles. The lowest BCUT2D eigenvalue weighted by Gasteiger charge is -2.38. The molecule has 0 saturated carbocycles. The van der Waals surface area contributed by atoms with Crippen LogP contribution in [0.15, 0.2) is 172 Å². The van der Waals surface area contributed by atoms with E-state index in [4.69, 9.17) is 16.5 Å². The van der Waals surface area contributed by atoms with Gasteiger partial charge in [0, 0.05) is 17.5 Å². The summed E-state index contributed by atoms with van der Waals surface area (Å²) in [5.74, 6) is 1.44. The van der Waals surface area contributed by atoms with Crippen molar-refractivity contribution in [1.82, 2.24) is 5.32 Å². The number of nitrogens with one attached hydrogen (secondary N) is 1. The van der Waals surface area contributed by atoms with E-state index in [9.17, 15) is 0 Å². The van der Waals surface area contributed by atoms with Crippen LogP contribution in [-0.2, 0) is 0 Å². The number of hydrogen-bond acceptors (Lipinski definition) is 5. The lowest BCUT2D eigenvalue weighted by atomic mass is 9.71. The number of aliphatic imine (C=N–C) groups is 1. The molecule has 1 aliphatic heterocycles. The van der Waals surface area contributed by atoms with E-state index in [1.165, 1.54) is 44.2 Å². The Kier molecular flexibility index (Phi) is 9.23. The first-order valence-corrected chi connectivity index (χ1v) is 18.7. The number of amidine groups is 1. The van der Waals surface area contributed by atoms with Gasteiger partial charge in [-0.05, 0) is 94.9 Å². The quantitative estimate of drug-likeness (QED) is 0.166. The standard InChI is InChI=1S/C44H44N4S/c45-42(35-24-21-30-13-7-8-16-34(30)27-35)49-43(46)39-26-25-38(36-17-9-10-18-37(36)39)41-28-40(32-14-5-2-6-15-32)47-44(48-41)33-22-19-31(20-23-33)29-11-3-1-4-12-29/h2-3,5-17,19,21-22,24,26-28,37-38,40,42-43H,1,4,18,20,23,25,45-46H2,(H,47,48). The van der Waals surface area contributed by atoms with E-state index in [1.54, 1.807) is 11.8 Å². The third kappa shape index (κ3) is 6.76. The highest BCUT2D eigenvalue weighted by Crippen LogP contribution is 2.47. The van der Waals surface area contributed by atoms with Crippen molar-refractivity contribution in [1.29, 1.82) is 0 Å². The smallest absolute Gasteiger partial charge is 0.130 e. The number of rotatable bonds is 8. The number of allylic oxidation sites excluding steroid dienone is 12. The van der Waals surface area contributed by atoms with Crippen molar-refractivity contribution in [2.24, 2.45) is 28.3 Å². The van der Waals surface area contributed by atoms with E-state index < -0.39 is 0 Å². The van der Waals surface area contributed by atoms with Gasteiger partial charge in [-0.15, -0.1) is 11.8 Å². The number of thioether (sulfide) groups is 1. The molecular weight excluding hydrogens is 617 g/mol. The minimum Gasteiger partial charge on any atom is -0.359 e. The first-order valence-electron chi connectivity index (χ1n) is 17.7. The molecule has 4 nitrogen and oxygen atoms in total. The molecule has 3 aromatic carbocycles. The Morgan fingerprint density at radius 3 is 2.39 bits per heavy atom. The van der Waals surface area contributed by atoms with Gasteiger partial charge < -0.3 is 16.8 Å². The van der Waals surface area contributed by atoms with Crippen molar-refractivity contribution in [2.45, 2.75) is 55.3 Å². The predicted molar refractivity (Wildman–Crippen MR) is 208 cm³/mol. The van der Waals surface area contributed by atoms with Crippen molar-refractivity contribution in [3.8, 4) is 0 Å². The van der Waals surface area contributed by atoms with Gasteiger partial charge >= 0.3 is 0 Å². The van der Waals surface area contributed by atoms with Gasteiger partial charge in [-0.2, -0.15) is 0 Å². The maximum absolute atomic E-state index is 7.00. The zero-order valence-corrected chi connectivity index (χ0v) is 28.7. The minimum atomic E-state index is -0.209.